The topological polar surface area (TPSA) is 34.1 Å². The first-order chi connectivity index (χ1) is 12.6. The number of carbonyl (C=O) groups excluding carboxylic acids is 2. The molecule has 0 unspecified atom stereocenters. The Morgan fingerprint density at radius 3 is 2.26 bits per heavy atom. The van der Waals surface area contributed by atoms with Gasteiger partial charge in [-0.15, -0.1) is 0 Å². The molecule has 0 amide bonds. The Kier molecular flexibility index (Phi) is 5.12. The Hall–Kier alpha value is -2.21. The second kappa shape index (κ2) is 7.08. The summed E-state index contributed by atoms with van der Waals surface area (Å²) in [5.41, 5.74) is -0.484. The van der Waals surface area contributed by atoms with Crippen molar-refractivity contribution in [3.8, 4) is 11.1 Å². The predicted octanol–water partition coefficient (Wildman–Crippen LogP) is 5.74. The standard InChI is InChI=1S/C20H15ClF4O2/c1-2-10-3-4-11(9-13(10)17-15(26)7-8-16(17)27)12-5-6-14(21)18(19(12)22)20(23,24)25/h3-6,9,17H,2,7-8H2,1H3. The summed E-state index contributed by atoms with van der Waals surface area (Å²) >= 11 is 5.55. The Balaban J connectivity index is 2.19. The van der Waals surface area contributed by atoms with E-state index >= 15 is 0 Å². The Morgan fingerprint density at radius 1 is 1.07 bits per heavy atom. The van der Waals surface area contributed by atoms with Gasteiger partial charge in [0.1, 0.15) is 28.9 Å². The molecule has 0 heterocycles. The summed E-state index contributed by atoms with van der Waals surface area (Å²) in [6.07, 6.45) is -4.13. The highest BCUT2D eigenvalue weighted by Gasteiger charge is 2.38. The summed E-state index contributed by atoms with van der Waals surface area (Å²) in [7, 11) is 0. The lowest BCUT2D eigenvalue weighted by molar-refractivity contribution is -0.139. The fourth-order valence-corrected chi connectivity index (χ4v) is 3.70. The van der Waals surface area contributed by atoms with E-state index in [1.54, 1.807) is 6.07 Å². The molecule has 0 aromatic heterocycles. The van der Waals surface area contributed by atoms with E-state index in [0.717, 1.165) is 17.7 Å². The molecule has 3 rings (SSSR count). The quantitative estimate of drug-likeness (QED) is 0.488. The van der Waals surface area contributed by atoms with Crippen LogP contribution in [-0.2, 0) is 22.2 Å². The van der Waals surface area contributed by atoms with Crippen LogP contribution in [0.3, 0.4) is 0 Å². The third-order valence-electron chi connectivity index (χ3n) is 4.79. The zero-order chi connectivity index (χ0) is 19.9. The minimum Gasteiger partial charge on any atom is -0.299 e. The van der Waals surface area contributed by atoms with Crippen molar-refractivity contribution in [3.63, 3.8) is 0 Å². The zero-order valence-electron chi connectivity index (χ0n) is 14.3. The van der Waals surface area contributed by atoms with Crippen LogP contribution in [0.1, 0.15) is 42.4 Å². The van der Waals surface area contributed by atoms with Crippen LogP contribution in [-0.4, -0.2) is 11.6 Å². The highest BCUT2D eigenvalue weighted by molar-refractivity contribution is 6.31. The first kappa shape index (κ1) is 19.5. The molecule has 2 aromatic rings. The number of hydrogen-bond acceptors (Lipinski definition) is 2. The lowest BCUT2D eigenvalue weighted by Gasteiger charge is -2.17. The second-order valence-corrected chi connectivity index (χ2v) is 6.82. The van der Waals surface area contributed by atoms with Crippen LogP contribution in [0, 0.1) is 5.82 Å². The minimum atomic E-state index is -4.94. The number of benzene rings is 2. The lowest BCUT2D eigenvalue weighted by atomic mass is 9.87. The molecule has 1 fully saturated rings. The van der Waals surface area contributed by atoms with E-state index in [4.69, 9.17) is 11.6 Å². The van der Waals surface area contributed by atoms with E-state index in [-0.39, 0.29) is 35.5 Å². The number of aryl methyl sites for hydroxylation is 1. The number of halogens is 5. The molecule has 0 spiro atoms. The zero-order valence-corrected chi connectivity index (χ0v) is 15.0. The van der Waals surface area contributed by atoms with Gasteiger partial charge in [0.05, 0.1) is 5.02 Å². The largest absolute Gasteiger partial charge is 0.420 e. The van der Waals surface area contributed by atoms with E-state index in [1.807, 2.05) is 6.92 Å². The van der Waals surface area contributed by atoms with Gasteiger partial charge >= 0.3 is 6.18 Å². The molecule has 1 saturated carbocycles. The molecule has 0 radical (unpaired) electrons. The summed E-state index contributed by atoms with van der Waals surface area (Å²) in [6, 6.07) is 6.69. The predicted molar refractivity (Wildman–Crippen MR) is 93.2 cm³/mol. The number of ketones is 2. The summed E-state index contributed by atoms with van der Waals surface area (Å²) in [5.74, 6) is -2.86. The summed E-state index contributed by atoms with van der Waals surface area (Å²) in [4.78, 5) is 24.3. The number of Topliss-reactive ketones (excluding diaryl/α,β-unsaturated/α-hetero) is 2. The van der Waals surface area contributed by atoms with E-state index in [0.29, 0.717) is 12.0 Å². The highest BCUT2D eigenvalue weighted by Crippen LogP contribution is 2.41. The molecule has 0 saturated heterocycles. The van der Waals surface area contributed by atoms with Crippen LogP contribution in [0.15, 0.2) is 30.3 Å². The molecule has 0 N–H and O–H groups in total. The average molecular weight is 399 g/mol. The van der Waals surface area contributed by atoms with Crippen molar-refractivity contribution in [2.45, 2.75) is 38.3 Å². The van der Waals surface area contributed by atoms with E-state index in [2.05, 4.69) is 0 Å². The van der Waals surface area contributed by atoms with Gasteiger partial charge in [0.2, 0.25) is 0 Å². The molecule has 1 aliphatic carbocycles. The van der Waals surface area contributed by atoms with Gasteiger partial charge < -0.3 is 0 Å². The molecule has 0 bridgehead atoms. The molecular formula is C20H15ClF4O2. The second-order valence-electron chi connectivity index (χ2n) is 6.41. The average Bonchev–Trinajstić information content (AvgIpc) is 2.92. The third kappa shape index (κ3) is 3.50. The van der Waals surface area contributed by atoms with Crippen LogP contribution in [0.5, 0.6) is 0 Å². The van der Waals surface area contributed by atoms with Crippen LogP contribution in [0.2, 0.25) is 5.02 Å². The Morgan fingerprint density at radius 2 is 1.70 bits per heavy atom. The monoisotopic (exact) mass is 398 g/mol. The normalized spacial score (nSPS) is 15.6. The fraction of sp³-hybridized carbons (Fsp3) is 0.300. The molecule has 0 atom stereocenters. The summed E-state index contributed by atoms with van der Waals surface area (Å²) in [6.45, 7) is 1.84. The number of alkyl halides is 3. The van der Waals surface area contributed by atoms with Gasteiger partial charge in [-0.05, 0) is 41.3 Å². The minimum absolute atomic E-state index is 0.143. The summed E-state index contributed by atoms with van der Waals surface area (Å²) in [5, 5.41) is -0.727. The first-order valence-corrected chi connectivity index (χ1v) is 8.76. The van der Waals surface area contributed by atoms with Crippen LogP contribution < -0.4 is 0 Å². The molecule has 142 valence electrons. The Bertz CT molecular complexity index is 918. The van der Waals surface area contributed by atoms with Crippen molar-refractivity contribution < 1.29 is 27.2 Å². The number of hydrogen-bond donors (Lipinski definition) is 0. The van der Waals surface area contributed by atoms with Crippen molar-refractivity contribution in [1.29, 1.82) is 0 Å². The van der Waals surface area contributed by atoms with Gasteiger partial charge in [0, 0.05) is 18.4 Å². The number of carbonyl (C=O) groups is 2. The smallest absolute Gasteiger partial charge is 0.299 e. The maximum atomic E-state index is 14.6. The SMILES string of the molecule is CCc1ccc(-c2ccc(Cl)c(C(F)(F)F)c2F)cc1C1C(=O)CCC1=O. The van der Waals surface area contributed by atoms with E-state index in [9.17, 15) is 27.2 Å². The van der Waals surface area contributed by atoms with Crippen molar-refractivity contribution in [2.24, 2.45) is 0 Å². The van der Waals surface area contributed by atoms with E-state index in [1.165, 1.54) is 12.1 Å². The Labute approximate surface area is 158 Å². The molecule has 7 heteroatoms. The van der Waals surface area contributed by atoms with Gasteiger partial charge in [0.15, 0.2) is 0 Å². The van der Waals surface area contributed by atoms with Crippen molar-refractivity contribution in [1.82, 2.24) is 0 Å². The molecular weight excluding hydrogens is 384 g/mol. The first-order valence-electron chi connectivity index (χ1n) is 8.39. The summed E-state index contributed by atoms with van der Waals surface area (Å²) < 4.78 is 54.0. The van der Waals surface area contributed by atoms with Crippen molar-refractivity contribution >= 4 is 23.2 Å². The van der Waals surface area contributed by atoms with Gasteiger partial charge in [-0.25, -0.2) is 4.39 Å². The maximum Gasteiger partial charge on any atom is 0.420 e. The lowest BCUT2D eigenvalue weighted by Crippen LogP contribution is -2.14. The molecule has 27 heavy (non-hydrogen) atoms. The highest BCUT2D eigenvalue weighted by atomic mass is 35.5. The van der Waals surface area contributed by atoms with E-state index < -0.39 is 28.5 Å². The van der Waals surface area contributed by atoms with Gasteiger partial charge in [-0.3, -0.25) is 9.59 Å². The molecule has 0 aliphatic heterocycles. The van der Waals surface area contributed by atoms with Crippen molar-refractivity contribution in [3.05, 3.63) is 57.9 Å². The van der Waals surface area contributed by atoms with Gasteiger partial charge in [-0.1, -0.05) is 30.7 Å². The molecule has 1 aliphatic rings. The number of rotatable bonds is 3. The fourth-order valence-electron chi connectivity index (χ4n) is 3.45. The molecule has 2 nitrogen and oxygen atoms in total. The maximum absolute atomic E-state index is 14.6. The van der Waals surface area contributed by atoms with Crippen LogP contribution in [0.4, 0.5) is 17.6 Å². The third-order valence-corrected chi connectivity index (χ3v) is 5.10. The van der Waals surface area contributed by atoms with Gasteiger partial charge in [0.25, 0.3) is 0 Å². The van der Waals surface area contributed by atoms with Crippen LogP contribution >= 0.6 is 11.6 Å². The van der Waals surface area contributed by atoms with Crippen molar-refractivity contribution in [2.75, 3.05) is 0 Å². The molecule has 2 aromatic carbocycles. The van der Waals surface area contributed by atoms with Gasteiger partial charge in [-0.2, -0.15) is 13.2 Å². The van der Waals surface area contributed by atoms with Crippen LogP contribution in [0.25, 0.3) is 11.1 Å².